The zero-order chi connectivity index (χ0) is 21.5. The SMILES string of the molecule is CCNC(=NCc1ccc(S(N)(=O)=O)cc1)NCCc1ccc(C(F)(F)F)cc1. The van der Waals surface area contributed by atoms with Gasteiger partial charge in [0.1, 0.15) is 0 Å². The second-order valence-corrected chi connectivity index (χ2v) is 7.82. The molecule has 4 N–H and O–H groups in total. The summed E-state index contributed by atoms with van der Waals surface area (Å²) >= 11 is 0. The Bertz CT molecular complexity index is 925. The van der Waals surface area contributed by atoms with Crippen molar-refractivity contribution in [3.8, 4) is 0 Å². The van der Waals surface area contributed by atoms with Gasteiger partial charge in [-0.2, -0.15) is 13.2 Å². The summed E-state index contributed by atoms with van der Waals surface area (Å²) in [4.78, 5) is 4.45. The maximum atomic E-state index is 12.6. The number of alkyl halides is 3. The van der Waals surface area contributed by atoms with E-state index >= 15 is 0 Å². The summed E-state index contributed by atoms with van der Waals surface area (Å²) in [5.74, 6) is 0.551. The van der Waals surface area contributed by atoms with Gasteiger partial charge < -0.3 is 10.6 Å². The Hall–Kier alpha value is -2.59. The van der Waals surface area contributed by atoms with Gasteiger partial charge in [-0.15, -0.1) is 0 Å². The highest BCUT2D eigenvalue weighted by Crippen LogP contribution is 2.29. The van der Waals surface area contributed by atoms with Gasteiger partial charge in [0.25, 0.3) is 0 Å². The Morgan fingerprint density at radius 1 is 1.00 bits per heavy atom. The molecule has 0 fully saturated rings. The summed E-state index contributed by atoms with van der Waals surface area (Å²) in [5, 5.41) is 11.3. The lowest BCUT2D eigenvalue weighted by Crippen LogP contribution is -2.38. The van der Waals surface area contributed by atoms with Crippen LogP contribution in [0.3, 0.4) is 0 Å². The lowest BCUT2D eigenvalue weighted by molar-refractivity contribution is -0.137. The summed E-state index contributed by atoms with van der Waals surface area (Å²) in [6, 6.07) is 11.2. The van der Waals surface area contributed by atoms with Crippen LogP contribution in [-0.4, -0.2) is 27.5 Å². The van der Waals surface area contributed by atoms with Crippen LogP contribution in [0.2, 0.25) is 0 Å². The van der Waals surface area contributed by atoms with Crippen molar-refractivity contribution >= 4 is 16.0 Å². The molecule has 0 amide bonds. The predicted octanol–water partition coefficient (Wildman–Crippen LogP) is 2.65. The molecular formula is C19H23F3N4O2S. The van der Waals surface area contributed by atoms with Gasteiger partial charge >= 0.3 is 6.18 Å². The lowest BCUT2D eigenvalue weighted by atomic mass is 10.1. The first-order chi connectivity index (χ1) is 13.6. The maximum Gasteiger partial charge on any atom is 0.416 e. The highest BCUT2D eigenvalue weighted by molar-refractivity contribution is 7.89. The third-order valence-corrected chi connectivity index (χ3v) is 4.93. The van der Waals surface area contributed by atoms with E-state index in [1.165, 1.54) is 24.3 Å². The molecule has 6 nitrogen and oxygen atoms in total. The van der Waals surface area contributed by atoms with Crippen LogP contribution in [0, 0.1) is 0 Å². The van der Waals surface area contributed by atoms with Gasteiger partial charge in [0.2, 0.25) is 10.0 Å². The van der Waals surface area contributed by atoms with E-state index in [-0.39, 0.29) is 4.90 Å². The number of nitrogens with zero attached hydrogens (tertiary/aromatic N) is 1. The number of nitrogens with two attached hydrogens (primary N) is 1. The van der Waals surface area contributed by atoms with Crippen molar-refractivity contribution in [1.29, 1.82) is 0 Å². The third-order valence-electron chi connectivity index (χ3n) is 4.00. The van der Waals surface area contributed by atoms with Crippen molar-refractivity contribution in [2.45, 2.75) is 31.0 Å². The van der Waals surface area contributed by atoms with Gasteiger partial charge in [-0.05, 0) is 48.7 Å². The molecule has 0 bridgehead atoms. The van der Waals surface area contributed by atoms with Crippen LogP contribution < -0.4 is 15.8 Å². The number of primary sulfonamides is 1. The van der Waals surface area contributed by atoms with Gasteiger partial charge in [0.15, 0.2) is 5.96 Å². The summed E-state index contributed by atoms with van der Waals surface area (Å²) < 4.78 is 60.3. The minimum Gasteiger partial charge on any atom is -0.357 e. The highest BCUT2D eigenvalue weighted by atomic mass is 32.2. The Morgan fingerprint density at radius 3 is 2.10 bits per heavy atom. The second-order valence-electron chi connectivity index (χ2n) is 6.26. The zero-order valence-electron chi connectivity index (χ0n) is 15.8. The smallest absolute Gasteiger partial charge is 0.357 e. The molecule has 2 aromatic carbocycles. The van der Waals surface area contributed by atoms with E-state index in [2.05, 4.69) is 15.6 Å². The molecule has 0 saturated heterocycles. The van der Waals surface area contributed by atoms with Crippen molar-refractivity contribution < 1.29 is 21.6 Å². The molecule has 0 radical (unpaired) electrons. The first-order valence-electron chi connectivity index (χ1n) is 8.89. The molecule has 0 aliphatic carbocycles. The molecule has 0 saturated carbocycles. The van der Waals surface area contributed by atoms with Gasteiger partial charge in [-0.3, -0.25) is 0 Å². The molecule has 29 heavy (non-hydrogen) atoms. The van der Waals surface area contributed by atoms with Crippen LogP contribution in [0.15, 0.2) is 58.4 Å². The van der Waals surface area contributed by atoms with Crippen molar-refractivity contribution in [1.82, 2.24) is 10.6 Å². The number of nitrogens with one attached hydrogen (secondary N) is 2. The summed E-state index contributed by atoms with van der Waals surface area (Å²) in [5.41, 5.74) is 0.912. The molecule has 0 heterocycles. The van der Waals surface area contributed by atoms with E-state index in [1.54, 1.807) is 12.1 Å². The maximum absolute atomic E-state index is 12.6. The average Bonchev–Trinajstić information content (AvgIpc) is 2.65. The summed E-state index contributed by atoms with van der Waals surface area (Å²) in [6.45, 7) is 3.35. The highest BCUT2D eigenvalue weighted by Gasteiger charge is 2.29. The first-order valence-corrected chi connectivity index (χ1v) is 10.4. The van der Waals surface area contributed by atoms with Crippen molar-refractivity contribution in [2.75, 3.05) is 13.1 Å². The van der Waals surface area contributed by atoms with Gasteiger partial charge in [0, 0.05) is 13.1 Å². The third kappa shape index (κ3) is 7.39. The Balaban J connectivity index is 1.92. The summed E-state index contributed by atoms with van der Waals surface area (Å²) in [7, 11) is -3.73. The standard InChI is InChI=1S/C19H23F3N4O2S/c1-2-24-18(26-13-15-5-9-17(10-6-15)29(23,27)28)25-12-11-14-3-7-16(8-4-14)19(20,21)22/h3-10H,2,11-13H2,1H3,(H2,23,27,28)(H2,24,25,26). The largest absolute Gasteiger partial charge is 0.416 e. The Labute approximate surface area is 168 Å². The van der Waals surface area contributed by atoms with Crippen molar-refractivity contribution in [2.24, 2.45) is 10.1 Å². The molecule has 10 heteroatoms. The van der Waals surface area contributed by atoms with Crippen LogP contribution in [0.1, 0.15) is 23.6 Å². The Morgan fingerprint density at radius 2 is 1.59 bits per heavy atom. The number of halogens is 3. The fourth-order valence-corrected chi connectivity index (χ4v) is 3.00. The number of rotatable bonds is 7. The van der Waals surface area contributed by atoms with E-state index in [1.807, 2.05) is 6.92 Å². The van der Waals surface area contributed by atoms with E-state index in [0.29, 0.717) is 32.0 Å². The molecule has 0 aliphatic rings. The quantitative estimate of drug-likeness (QED) is 0.467. The number of aliphatic imine (C=N–C) groups is 1. The van der Waals surface area contributed by atoms with E-state index in [4.69, 9.17) is 5.14 Å². The molecule has 0 atom stereocenters. The number of benzene rings is 2. The van der Waals surface area contributed by atoms with Crippen molar-refractivity contribution in [3.05, 3.63) is 65.2 Å². The normalized spacial score (nSPS) is 12.7. The minimum atomic E-state index is -4.34. The van der Waals surface area contributed by atoms with Crippen LogP contribution in [0.5, 0.6) is 0 Å². The average molecular weight is 428 g/mol. The molecule has 2 rings (SSSR count). The summed E-state index contributed by atoms with van der Waals surface area (Å²) in [6.07, 6.45) is -3.81. The number of sulfonamides is 1. The van der Waals surface area contributed by atoms with Gasteiger partial charge in [-0.25, -0.2) is 18.5 Å². The molecule has 0 spiro atoms. The molecular weight excluding hydrogens is 405 g/mol. The fraction of sp³-hybridized carbons (Fsp3) is 0.316. The fourth-order valence-electron chi connectivity index (χ4n) is 2.48. The van der Waals surface area contributed by atoms with Crippen LogP contribution in [0.25, 0.3) is 0 Å². The molecule has 0 aliphatic heterocycles. The molecule has 158 valence electrons. The minimum absolute atomic E-state index is 0.0341. The first kappa shape index (κ1) is 22.7. The lowest BCUT2D eigenvalue weighted by Gasteiger charge is -2.12. The molecule has 0 aromatic heterocycles. The number of hydrogen-bond acceptors (Lipinski definition) is 3. The van der Waals surface area contributed by atoms with E-state index in [9.17, 15) is 21.6 Å². The van der Waals surface area contributed by atoms with Gasteiger partial charge in [0.05, 0.1) is 17.0 Å². The Kier molecular flexibility index (Phi) is 7.63. The van der Waals surface area contributed by atoms with Gasteiger partial charge in [-0.1, -0.05) is 24.3 Å². The molecule has 2 aromatic rings. The second kappa shape index (κ2) is 9.75. The van der Waals surface area contributed by atoms with E-state index < -0.39 is 21.8 Å². The topological polar surface area (TPSA) is 96.6 Å². The van der Waals surface area contributed by atoms with Crippen molar-refractivity contribution in [3.63, 3.8) is 0 Å². The van der Waals surface area contributed by atoms with Crippen LogP contribution in [-0.2, 0) is 29.2 Å². The molecule has 0 unspecified atom stereocenters. The van der Waals surface area contributed by atoms with E-state index in [0.717, 1.165) is 23.3 Å². The van der Waals surface area contributed by atoms with Crippen LogP contribution >= 0.6 is 0 Å². The number of hydrogen-bond donors (Lipinski definition) is 3. The zero-order valence-corrected chi connectivity index (χ0v) is 16.6. The monoisotopic (exact) mass is 428 g/mol. The predicted molar refractivity (Wildman–Crippen MR) is 106 cm³/mol. The number of guanidine groups is 1. The van der Waals surface area contributed by atoms with Crippen LogP contribution in [0.4, 0.5) is 13.2 Å².